The number of rotatable bonds is 4. The Morgan fingerprint density at radius 3 is 2.29 bits per heavy atom. The van der Waals surface area contributed by atoms with Gasteiger partial charge in [0.15, 0.2) is 0 Å². The molecule has 0 atom stereocenters. The van der Waals surface area contributed by atoms with E-state index in [-0.39, 0.29) is 37.6 Å². The Morgan fingerprint density at radius 1 is 0.935 bits per heavy atom. The van der Waals surface area contributed by atoms with Gasteiger partial charge in [0.25, 0.3) is 11.5 Å². The molecular weight excluding hydrogens is 414 g/mol. The highest BCUT2D eigenvalue weighted by Crippen LogP contribution is 2.19. The maximum absolute atomic E-state index is 13.1. The predicted molar refractivity (Wildman–Crippen MR) is 121 cm³/mol. The Kier molecular flexibility index (Phi) is 5.75. The molecule has 1 aliphatic rings. The molecule has 0 radical (unpaired) electrons. The van der Waals surface area contributed by atoms with Crippen LogP contribution in [-0.2, 0) is 17.1 Å². The smallest absolute Gasteiger partial charge is 0.254 e. The Labute approximate surface area is 180 Å². The summed E-state index contributed by atoms with van der Waals surface area (Å²) in [6.07, 6.45) is 1.57. The molecule has 2 aromatic carbocycles. The minimum Gasteiger partial charge on any atom is -0.336 e. The minimum atomic E-state index is -3.58. The van der Waals surface area contributed by atoms with E-state index in [1.165, 1.54) is 20.3 Å². The number of sulfonamides is 1. The summed E-state index contributed by atoms with van der Waals surface area (Å²) in [5, 5.41) is 1.91. The Morgan fingerprint density at radius 2 is 1.58 bits per heavy atom. The van der Waals surface area contributed by atoms with Crippen molar-refractivity contribution in [2.75, 3.05) is 26.2 Å². The zero-order valence-corrected chi connectivity index (χ0v) is 18.0. The highest BCUT2D eigenvalue weighted by molar-refractivity contribution is 7.92. The molecule has 1 fully saturated rings. The van der Waals surface area contributed by atoms with Gasteiger partial charge in [-0.05, 0) is 17.7 Å². The van der Waals surface area contributed by atoms with Gasteiger partial charge in [-0.25, -0.2) is 8.42 Å². The monoisotopic (exact) mass is 437 g/mol. The van der Waals surface area contributed by atoms with Crippen molar-refractivity contribution in [3.63, 3.8) is 0 Å². The second-order valence-electron chi connectivity index (χ2n) is 7.42. The summed E-state index contributed by atoms with van der Waals surface area (Å²) >= 11 is 0. The highest BCUT2D eigenvalue weighted by atomic mass is 32.2. The summed E-state index contributed by atoms with van der Waals surface area (Å²) in [6.45, 7) is 0.938. The molecule has 0 N–H and O–H groups in total. The van der Waals surface area contributed by atoms with Crippen LogP contribution in [0.4, 0.5) is 0 Å². The maximum Gasteiger partial charge on any atom is 0.254 e. The molecule has 160 valence electrons. The lowest BCUT2D eigenvalue weighted by atomic mass is 10.1. The fourth-order valence-electron chi connectivity index (χ4n) is 3.72. The third-order valence-electron chi connectivity index (χ3n) is 5.50. The largest absolute Gasteiger partial charge is 0.336 e. The second-order valence-corrected chi connectivity index (χ2v) is 9.24. The summed E-state index contributed by atoms with van der Waals surface area (Å²) < 4.78 is 28.2. The molecule has 0 saturated carbocycles. The third-order valence-corrected chi connectivity index (χ3v) is 7.07. The number of hydrogen-bond acceptors (Lipinski definition) is 4. The number of fused-ring (bicyclic) bond motifs is 1. The number of aryl methyl sites for hydroxylation is 1. The van der Waals surface area contributed by atoms with Crippen LogP contribution >= 0.6 is 0 Å². The van der Waals surface area contributed by atoms with Crippen LogP contribution in [0.1, 0.15) is 15.9 Å². The van der Waals surface area contributed by atoms with Crippen LogP contribution in [0.25, 0.3) is 17.0 Å². The number of hydrogen-bond donors (Lipinski definition) is 0. The molecule has 8 heteroatoms. The van der Waals surface area contributed by atoms with Crippen molar-refractivity contribution in [1.29, 1.82) is 0 Å². The van der Waals surface area contributed by atoms with Gasteiger partial charge in [-0.15, -0.1) is 0 Å². The number of aromatic nitrogens is 1. The van der Waals surface area contributed by atoms with Gasteiger partial charge in [-0.2, -0.15) is 4.31 Å². The lowest BCUT2D eigenvalue weighted by Gasteiger charge is -2.33. The van der Waals surface area contributed by atoms with E-state index >= 15 is 0 Å². The van der Waals surface area contributed by atoms with Gasteiger partial charge < -0.3 is 9.47 Å². The summed E-state index contributed by atoms with van der Waals surface area (Å²) in [7, 11) is -1.91. The standard InChI is InChI=1S/C23H23N3O4S/c1-24-21-10-6-5-9-19(21)20(17-22(24)27)23(28)25-12-14-26(15-13-25)31(29,30)16-11-18-7-3-2-4-8-18/h2-11,16-17H,12-15H2,1H3/b16-11+. The first-order valence-corrected chi connectivity index (χ1v) is 11.5. The van der Waals surface area contributed by atoms with Gasteiger partial charge in [0.2, 0.25) is 10.0 Å². The average Bonchev–Trinajstić information content (AvgIpc) is 2.80. The molecule has 1 aromatic heterocycles. The van der Waals surface area contributed by atoms with Crippen molar-refractivity contribution in [3.8, 4) is 0 Å². The molecule has 0 unspecified atom stereocenters. The fourth-order valence-corrected chi connectivity index (χ4v) is 4.89. The quantitative estimate of drug-likeness (QED) is 0.627. The van der Waals surface area contributed by atoms with Crippen LogP contribution in [0.15, 0.2) is 70.9 Å². The molecule has 1 amide bonds. The molecule has 4 rings (SSSR count). The van der Waals surface area contributed by atoms with Crippen LogP contribution in [0.2, 0.25) is 0 Å². The van der Waals surface area contributed by atoms with Crippen molar-refractivity contribution in [2.45, 2.75) is 0 Å². The van der Waals surface area contributed by atoms with E-state index < -0.39 is 10.0 Å². The van der Waals surface area contributed by atoms with Gasteiger partial charge in [0.05, 0.1) is 11.1 Å². The zero-order chi connectivity index (χ0) is 22.0. The number of pyridine rings is 1. The van der Waals surface area contributed by atoms with Gasteiger partial charge in [0, 0.05) is 50.1 Å². The number of carbonyl (C=O) groups excluding carboxylic acids is 1. The van der Waals surface area contributed by atoms with Gasteiger partial charge >= 0.3 is 0 Å². The van der Waals surface area contributed by atoms with Crippen molar-refractivity contribution in [3.05, 3.63) is 87.6 Å². The second kappa shape index (κ2) is 8.49. The molecular formula is C23H23N3O4S. The zero-order valence-electron chi connectivity index (χ0n) is 17.1. The van der Waals surface area contributed by atoms with Crippen molar-refractivity contribution < 1.29 is 13.2 Å². The molecule has 0 aliphatic carbocycles. The first-order valence-electron chi connectivity index (χ1n) is 9.98. The summed E-state index contributed by atoms with van der Waals surface area (Å²) in [6, 6.07) is 17.8. The Hall–Kier alpha value is -3.23. The minimum absolute atomic E-state index is 0.204. The highest BCUT2D eigenvalue weighted by Gasteiger charge is 2.28. The van der Waals surface area contributed by atoms with E-state index in [4.69, 9.17) is 0 Å². The average molecular weight is 438 g/mol. The van der Waals surface area contributed by atoms with E-state index in [0.717, 1.165) is 5.56 Å². The molecule has 2 heterocycles. The summed E-state index contributed by atoms with van der Waals surface area (Å²) in [5.74, 6) is -0.259. The number of para-hydroxylation sites is 1. The molecule has 1 saturated heterocycles. The van der Waals surface area contributed by atoms with E-state index in [1.807, 2.05) is 48.5 Å². The van der Waals surface area contributed by atoms with E-state index in [0.29, 0.717) is 16.5 Å². The number of benzene rings is 2. The van der Waals surface area contributed by atoms with Crippen LogP contribution in [-0.4, -0.2) is 54.3 Å². The predicted octanol–water partition coefficient (Wildman–Crippen LogP) is 2.30. The van der Waals surface area contributed by atoms with E-state index in [9.17, 15) is 18.0 Å². The van der Waals surface area contributed by atoms with Crippen molar-refractivity contribution in [1.82, 2.24) is 13.8 Å². The summed E-state index contributed by atoms with van der Waals surface area (Å²) in [4.78, 5) is 27.1. The number of piperazine rings is 1. The van der Waals surface area contributed by atoms with Crippen LogP contribution in [0, 0.1) is 0 Å². The molecule has 1 aliphatic heterocycles. The third kappa shape index (κ3) is 4.30. The normalized spacial score (nSPS) is 15.6. The van der Waals surface area contributed by atoms with Crippen molar-refractivity contribution in [2.24, 2.45) is 7.05 Å². The van der Waals surface area contributed by atoms with Crippen LogP contribution < -0.4 is 5.56 Å². The topological polar surface area (TPSA) is 79.7 Å². The lowest BCUT2D eigenvalue weighted by Crippen LogP contribution is -2.50. The summed E-state index contributed by atoms with van der Waals surface area (Å²) in [5.41, 5.74) is 1.58. The SMILES string of the molecule is Cn1c(=O)cc(C(=O)N2CCN(S(=O)(=O)/C=C/c3ccccc3)CC2)c2ccccc21. The lowest BCUT2D eigenvalue weighted by molar-refractivity contribution is 0.0700. The van der Waals surface area contributed by atoms with Gasteiger partial charge in [-0.1, -0.05) is 48.5 Å². The van der Waals surface area contributed by atoms with Crippen LogP contribution in [0.5, 0.6) is 0 Å². The van der Waals surface area contributed by atoms with E-state index in [1.54, 1.807) is 24.1 Å². The molecule has 0 spiro atoms. The fraction of sp³-hybridized carbons (Fsp3) is 0.217. The Balaban J connectivity index is 1.50. The molecule has 7 nitrogen and oxygen atoms in total. The number of nitrogens with zero attached hydrogens (tertiary/aromatic N) is 3. The van der Waals surface area contributed by atoms with Gasteiger partial charge in [-0.3, -0.25) is 9.59 Å². The number of amides is 1. The maximum atomic E-state index is 13.1. The van der Waals surface area contributed by atoms with Gasteiger partial charge in [0.1, 0.15) is 0 Å². The molecule has 3 aromatic rings. The Bertz CT molecular complexity index is 1310. The van der Waals surface area contributed by atoms with Crippen LogP contribution in [0.3, 0.4) is 0 Å². The first kappa shape index (κ1) is 21.0. The van der Waals surface area contributed by atoms with Crippen molar-refractivity contribution >= 4 is 32.9 Å². The first-order chi connectivity index (χ1) is 14.9. The molecule has 31 heavy (non-hydrogen) atoms. The number of carbonyl (C=O) groups is 1. The van der Waals surface area contributed by atoms with E-state index in [2.05, 4.69) is 0 Å². The molecule has 0 bridgehead atoms.